The van der Waals surface area contributed by atoms with Gasteiger partial charge in [0.15, 0.2) is 0 Å². The Hall–Kier alpha value is -1.22. The monoisotopic (exact) mass is 265 g/mol. The van der Waals surface area contributed by atoms with Crippen molar-refractivity contribution < 1.29 is 9.47 Å². The van der Waals surface area contributed by atoms with Crippen molar-refractivity contribution in [2.75, 3.05) is 20.3 Å². The van der Waals surface area contributed by atoms with Crippen LogP contribution in [0.1, 0.15) is 33.6 Å². The number of nitrogens with one attached hydrogen (secondary N) is 1. The second-order valence-corrected chi connectivity index (χ2v) is 4.84. The van der Waals surface area contributed by atoms with Crippen LogP contribution in [0, 0.1) is 5.92 Å². The summed E-state index contributed by atoms with van der Waals surface area (Å²) in [6.45, 7) is 8.33. The largest absolute Gasteiger partial charge is 0.497 e. The van der Waals surface area contributed by atoms with Gasteiger partial charge in [0.2, 0.25) is 0 Å². The van der Waals surface area contributed by atoms with E-state index in [1.807, 2.05) is 24.3 Å². The van der Waals surface area contributed by atoms with Crippen LogP contribution in [0.4, 0.5) is 0 Å². The van der Waals surface area contributed by atoms with Crippen LogP contribution in [-0.2, 0) is 0 Å². The fourth-order valence-corrected chi connectivity index (χ4v) is 2.29. The van der Waals surface area contributed by atoms with Crippen molar-refractivity contribution in [3.05, 3.63) is 24.3 Å². The number of hydrogen-bond donors (Lipinski definition) is 1. The minimum absolute atomic E-state index is 0.550. The van der Waals surface area contributed by atoms with E-state index in [1.54, 1.807) is 7.11 Å². The fraction of sp³-hybridized carbons (Fsp3) is 0.625. The van der Waals surface area contributed by atoms with Gasteiger partial charge >= 0.3 is 0 Å². The summed E-state index contributed by atoms with van der Waals surface area (Å²) in [5.41, 5.74) is 0. The maximum absolute atomic E-state index is 5.68. The van der Waals surface area contributed by atoms with Gasteiger partial charge in [-0.25, -0.2) is 0 Å². The molecule has 1 unspecified atom stereocenters. The minimum atomic E-state index is 0.550. The highest BCUT2D eigenvalue weighted by Gasteiger charge is 2.11. The second kappa shape index (κ2) is 8.81. The van der Waals surface area contributed by atoms with Gasteiger partial charge < -0.3 is 14.8 Å². The van der Waals surface area contributed by atoms with E-state index in [0.717, 1.165) is 24.0 Å². The summed E-state index contributed by atoms with van der Waals surface area (Å²) >= 11 is 0. The molecule has 1 aromatic rings. The number of benzene rings is 1. The summed E-state index contributed by atoms with van der Waals surface area (Å²) in [6.07, 6.45) is 2.45. The summed E-state index contributed by atoms with van der Waals surface area (Å²) in [5.74, 6) is 2.49. The van der Waals surface area contributed by atoms with E-state index >= 15 is 0 Å². The van der Waals surface area contributed by atoms with Gasteiger partial charge in [-0.3, -0.25) is 0 Å². The SMILES string of the molecule is CCC(CC)C(C)NCCOc1ccc(OC)cc1. The van der Waals surface area contributed by atoms with Crippen LogP contribution in [0.5, 0.6) is 11.5 Å². The molecule has 1 rings (SSSR count). The summed E-state index contributed by atoms with van der Waals surface area (Å²) < 4.78 is 10.8. The van der Waals surface area contributed by atoms with Crippen molar-refractivity contribution in [1.82, 2.24) is 5.32 Å². The average molecular weight is 265 g/mol. The third-order valence-electron chi connectivity index (χ3n) is 3.65. The molecule has 0 saturated carbocycles. The molecule has 3 nitrogen and oxygen atoms in total. The Kier molecular flexibility index (Phi) is 7.34. The lowest BCUT2D eigenvalue weighted by Crippen LogP contribution is -2.35. The molecular weight excluding hydrogens is 238 g/mol. The van der Waals surface area contributed by atoms with Gasteiger partial charge in [-0.2, -0.15) is 0 Å². The summed E-state index contributed by atoms with van der Waals surface area (Å²) in [5, 5.41) is 3.53. The Bertz CT molecular complexity index is 333. The smallest absolute Gasteiger partial charge is 0.119 e. The Morgan fingerprint density at radius 1 is 1.05 bits per heavy atom. The topological polar surface area (TPSA) is 30.5 Å². The zero-order valence-corrected chi connectivity index (χ0v) is 12.6. The van der Waals surface area contributed by atoms with Crippen molar-refractivity contribution in [2.24, 2.45) is 5.92 Å². The number of rotatable bonds is 9. The zero-order chi connectivity index (χ0) is 14.1. The highest BCUT2D eigenvalue weighted by atomic mass is 16.5. The molecular formula is C16H27NO2. The van der Waals surface area contributed by atoms with Crippen molar-refractivity contribution in [3.8, 4) is 11.5 Å². The van der Waals surface area contributed by atoms with E-state index in [4.69, 9.17) is 9.47 Å². The van der Waals surface area contributed by atoms with Crippen LogP contribution in [0.25, 0.3) is 0 Å². The lowest BCUT2D eigenvalue weighted by atomic mass is 9.96. The molecule has 0 bridgehead atoms. The van der Waals surface area contributed by atoms with Gasteiger partial charge in [0.25, 0.3) is 0 Å². The van der Waals surface area contributed by atoms with E-state index in [2.05, 4.69) is 26.1 Å². The highest BCUT2D eigenvalue weighted by Crippen LogP contribution is 2.17. The standard InChI is InChI=1S/C16H27NO2/c1-5-14(6-2)13(3)17-11-12-19-16-9-7-15(18-4)8-10-16/h7-10,13-14,17H,5-6,11-12H2,1-4H3. The van der Waals surface area contributed by atoms with Crippen molar-refractivity contribution in [3.63, 3.8) is 0 Å². The van der Waals surface area contributed by atoms with Crippen LogP contribution >= 0.6 is 0 Å². The first kappa shape index (κ1) is 15.8. The Morgan fingerprint density at radius 2 is 1.63 bits per heavy atom. The normalized spacial score (nSPS) is 12.5. The molecule has 0 amide bonds. The number of methoxy groups -OCH3 is 1. The van der Waals surface area contributed by atoms with Gasteiger partial charge in [-0.15, -0.1) is 0 Å². The maximum Gasteiger partial charge on any atom is 0.119 e. The van der Waals surface area contributed by atoms with Crippen LogP contribution < -0.4 is 14.8 Å². The number of ether oxygens (including phenoxy) is 2. The Balaban J connectivity index is 2.22. The highest BCUT2D eigenvalue weighted by molar-refractivity contribution is 5.31. The van der Waals surface area contributed by atoms with Crippen molar-refractivity contribution >= 4 is 0 Å². The van der Waals surface area contributed by atoms with E-state index in [0.29, 0.717) is 12.6 Å². The van der Waals surface area contributed by atoms with Gasteiger partial charge in [0.05, 0.1) is 7.11 Å². The third kappa shape index (κ3) is 5.52. The zero-order valence-electron chi connectivity index (χ0n) is 12.6. The van der Waals surface area contributed by atoms with E-state index < -0.39 is 0 Å². The summed E-state index contributed by atoms with van der Waals surface area (Å²) in [4.78, 5) is 0. The lowest BCUT2D eigenvalue weighted by Gasteiger charge is -2.22. The number of hydrogen-bond acceptors (Lipinski definition) is 3. The Labute approximate surface area is 117 Å². The molecule has 1 aromatic carbocycles. The molecule has 0 spiro atoms. The Morgan fingerprint density at radius 3 is 2.16 bits per heavy atom. The predicted molar refractivity (Wildman–Crippen MR) is 80.0 cm³/mol. The van der Waals surface area contributed by atoms with Crippen molar-refractivity contribution in [1.29, 1.82) is 0 Å². The van der Waals surface area contributed by atoms with Gasteiger partial charge in [0, 0.05) is 12.6 Å². The molecule has 19 heavy (non-hydrogen) atoms. The molecule has 0 heterocycles. The quantitative estimate of drug-likeness (QED) is 0.693. The maximum atomic E-state index is 5.68. The first-order chi connectivity index (χ1) is 9.21. The van der Waals surface area contributed by atoms with Gasteiger partial charge in [-0.05, 0) is 37.1 Å². The van der Waals surface area contributed by atoms with Crippen LogP contribution in [0.15, 0.2) is 24.3 Å². The molecule has 0 aliphatic heterocycles. The molecule has 0 aromatic heterocycles. The first-order valence-electron chi connectivity index (χ1n) is 7.21. The van der Waals surface area contributed by atoms with Crippen LogP contribution in [0.3, 0.4) is 0 Å². The molecule has 1 atom stereocenters. The van der Waals surface area contributed by atoms with Crippen LogP contribution in [-0.4, -0.2) is 26.3 Å². The molecule has 1 N–H and O–H groups in total. The fourth-order valence-electron chi connectivity index (χ4n) is 2.29. The lowest BCUT2D eigenvalue weighted by molar-refractivity contribution is 0.284. The van der Waals surface area contributed by atoms with E-state index in [1.165, 1.54) is 12.8 Å². The average Bonchev–Trinajstić information content (AvgIpc) is 2.45. The van der Waals surface area contributed by atoms with Gasteiger partial charge in [0.1, 0.15) is 18.1 Å². The molecule has 0 aliphatic rings. The summed E-state index contributed by atoms with van der Waals surface area (Å²) in [7, 11) is 1.67. The first-order valence-corrected chi connectivity index (χ1v) is 7.21. The molecule has 0 radical (unpaired) electrons. The van der Waals surface area contributed by atoms with Gasteiger partial charge in [-0.1, -0.05) is 26.7 Å². The summed E-state index contributed by atoms with van der Waals surface area (Å²) in [6, 6.07) is 8.24. The molecule has 0 fully saturated rings. The van der Waals surface area contributed by atoms with E-state index in [9.17, 15) is 0 Å². The van der Waals surface area contributed by atoms with Crippen molar-refractivity contribution in [2.45, 2.75) is 39.7 Å². The molecule has 0 aliphatic carbocycles. The minimum Gasteiger partial charge on any atom is -0.497 e. The predicted octanol–water partition coefficient (Wildman–Crippen LogP) is 3.49. The van der Waals surface area contributed by atoms with Crippen LogP contribution in [0.2, 0.25) is 0 Å². The third-order valence-corrected chi connectivity index (χ3v) is 3.65. The molecule has 108 valence electrons. The van der Waals surface area contributed by atoms with E-state index in [-0.39, 0.29) is 0 Å². The molecule has 0 saturated heterocycles. The molecule has 3 heteroatoms. The second-order valence-electron chi connectivity index (χ2n) is 4.84.